The van der Waals surface area contributed by atoms with Crippen molar-refractivity contribution in [3.63, 3.8) is 0 Å². The highest BCUT2D eigenvalue weighted by atomic mass is 16.2. The van der Waals surface area contributed by atoms with Gasteiger partial charge in [-0.15, -0.1) is 0 Å². The molecule has 0 radical (unpaired) electrons. The van der Waals surface area contributed by atoms with Gasteiger partial charge in [0.05, 0.1) is 19.0 Å². The van der Waals surface area contributed by atoms with E-state index < -0.39 is 0 Å². The third-order valence-electron chi connectivity index (χ3n) is 0.978. The fourth-order valence-electron chi connectivity index (χ4n) is 0.588. The number of hydrogen-bond acceptors (Lipinski definition) is 3. The summed E-state index contributed by atoms with van der Waals surface area (Å²) in [5.74, 6) is 0. The molecule has 0 bridgehead atoms. The van der Waals surface area contributed by atoms with Crippen LogP contribution in [-0.2, 0) is 0 Å². The van der Waals surface area contributed by atoms with Crippen molar-refractivity contribution in [2.24, 2.45) is 4.99 Å². The summed E-state index contributed by atoms with van der Waals surface area (Å²) in [7, 11) is 0. The van der Waals surface area contributed by atoms with Crippen LogP contribution in [0.1, 0.15) is 13.8 Å². The maximum Gasteiger partial charge on any atom is 0.0888 e. The minimum atomic E-state index is 0.139. The highest BCUT2D eigenvalue weighted by Crippen LogP contribution is 1.87. The molecule has 58 valence electrons. The van der Waals surface area contributed by atoms with Crippen LogP contribution in [0.4, 0.5) is 0 Å². The Morgan fingerprint density at radius 2 is 2.40 bits per heavy atom. The molecule has 0 saturated heterocycles. The third-order valence-corrected chi connectivity index (χ3v) is 0.978. The maximum atomic E-state index is 8.24. The minimum absolute atomic E-state index is 0.139. The molecule has 1 aliphatic heterocycles. The monoisotopic (exact) mass is 142 g/mol. The average molecular weight is 142 g/mol. The lowest BCUT2D eigenvalue weighted by atomic mass is 10.3. The van der Waals surface area contributed by atoms with Crippen LogP contribution in [0.3, 0.4) is 0 Å². The molecule has 0 fully saturated rings. The van der Waals surface area contributed by atoms with E-state index >= 15 is 0 Å². The predicted molar refractivity (Wildman–Crippen MR) is 43.4 cm³/mol. The van der Waals surface area contributed by atoms with E-state index in [1.165, 1.54) is 0 Å². The fraction of sp³-hybridized carbons (Fsp3) is 0.571. The molecule has 1 aliphatic rings. The van der Waals surface area contributed by atoms with Crippen LogP contribution in [-0.4, -0.2) is 24.0 Å². The van der Waals surface area contributed by atoms with E-state index in [-0.39, 0.29) is 6.04 Å². The van der Waals surface area contributed by atoms with Crippen molar-refractivity contribution in [3.05, 3.63) is 12.3 Å². The molecule has 3 nitrogen and oxygen atoms in total. The second kappa shape index (κ2) is 6.29. The van der Waals surface area contributed by atoms with Gasteiger partial charge >= 0.3 is 0 Å². The SMILES string of the molecule is CC.O/C=C\C1C=NCN1. The molecule has 0 spiro atoms. The van der Waals surface area contributed by atoms with E-state index in [1.54, 1.807) is 12.3 Å². The van der Waals surface area contributed by atoms with Crippen LogP contribution < -0.4 is 5.32 Å². The number of aliphatic hydroxyl groups is 1. The van der Waals surface area contributed by atoms with Gasteiger partial charge in [0, 0.05) is 6.21 Å². The second-order valence-corrected chi connectivity index (χ2v) is 1.56. The molecule has 0 aromatic rings. The van der Waals surface area contributed by atoms with Gasteiger partial charge in [-0.3, -0.25) is 10.3 Å². The first-order valence-corrected chi connectivity index (χ1v) is 3.47. The number of nitrogens with one attached hydrogen (secondary N) is 1. The van der Waals surface area contributed by atoms with Crippen LogP contribution in [0.15, 0.2) is 17.3 Å². The topological polar surface area (TPSA) is 44.6 Å². The Hall–Kier alpha value is -0.830. The first-order chi connectivity index (χ1) is 4.93. The Morgan fingerprint density at radius 3 is 2.80 bits per heavy atom. The van der Waals surface area contributed by atoms with Gasteiger partial charge in [-0.05, 0) is 6.08 Å². The lowest BCUT2D eigenvalue weighted by molar-refractivity contribution is 0.469. The van der Waals surface area contributed by atoms with E-state index in [9.17, 15) is 0 Å². The van der Waals surface area contributed by atoms with Crippen LogP contribution in [0.5, 0.6) is 0 Å². The summed E-state index contributed by atoms with van der Waals surface area (Å²) in [5.41, 5.74) is 0. The zero-order valence-electron chi connectivity index (χ0n) is 6.41. The molecule has 1 unspecified atom stereocenters. The Labute approximate surface area is 61.5 Å². The van der Waals surface area contributed by atoms with E-state index in [2.05, 4.69) is 10.3 Å². The molecule has 0 aliphatic carbocycles. The summed E-state index contributed by atoms with van der Waals surface area (Å²) in [5, 5.41) is 11.2. The van der Waals surface area contributed by atoms with Crippen molar-refractivity contribution < 1.29 is 5.11 Å². The number of aliphatic imine (C=N–C) groups is 1. The number of hydrogen-bond donors (Lipinski definition) is 2. The molecular weight excluding hydrogens is 128 g/mol. The van der Waals surface area contributed by atoms with E-state index in [4.69, 9.17) is 5.11 Å². The Bertz CT molecular complexity index is 121. The maximum absolute atomic E-state index is 8.24. The van der Waals surface area contributed by atoms with Crippen molar-refractivity contribution in [3.8, 4) is 0 Å². The van der Waals surface area contributed by atoms with Gasteiger partial charge in [-0.1, -0.05) is 13.8 Å². The fourth-order valence-corrected chi connectivity index (χ4v) is 0.588. The summed E-state index contributed by atoms with van der Waals surface area (Å²) in [4.78, 5) is 3.88. The molecule has 1 rings (SSSR count). The number of rotatable bonds is 1. The quantitative estimate of drug-likeness (QED) is 0.538. The average Bonchev–Trinajstić information content (AvgIpc) is 2.46. The Morgan fingerprint density at radius 1 is 1.70 bits per heavy atom. The predicted octanol–water partition coefficient (Wildman–Crippen LogP) is 1.08. The molecule has 0 saturated carbocycles. The summed E-state index contributed by atoms with van der Waals surface area (Å²) < 4.78 is 0. The summed E-state index contributed by atoms with van der Waals surface area (Å²) >= 11 is 0. The zero-order chi connectivity index (χ0) is 7.82. The summed E-state index contributed by atoms with van der Waals surface area (Å²) in [6.07, 6.45) is 4.41. The molecule has 0 aromatic carbocycles. The van der Waals surface area contributed by atoms with Crippen LogP contribution in [0.25, 0.3) is 0 Å². The zero-order valence-corrected chi connectivity index (χ0v) is 6.41. The van der Waals surface area contributed by atoms with Gasteiger partial charge in [-0.2, -0.15) is 0 Å². The van der Waals surface area contributed by atoms with E-state index in [0.717, 1.165) is 6.26 Å². The van der Waals surface area contributed by atoms with Gasteiger partial charge in [0.15, 0.2) is 0 Å². The normalized spacial score (nSPS) is 22.8. The molecule has 3 heteroatoms. The smallest absolute Gasteiger partial charge is 0.0888 e. The van der Waals surface area contributed by atoms with Crippen molar-refractivity contribution in [2.45, 2.75) is 19.9 Å². The third kappa shape index (κ3) is 3.25. The highest BCUT2D eigenvalue weighted by Gasteiger charge is 2.02. The summed E-state index contributed by atoms with van der Waals surface area (Å²) in [6, 6.07) is 0.139. The van der Waals surface area contributed by atoms with Gasteiger partial charge in [0.2, 0.25) is 0 Å². The molecule has 0 aromatic heterocycles. The van der Waals surface area contributed by atoms with E-state index in [1.807, 2.05) is 13.8 Å². The first kappa shape index (κ1) is 9.17. The largest absolute Gasteiger partial charge is 0.516 e. The summed E-state index contributed by atoms with van der Waals surface area (Å²) in [6.45, 7) is 4.66. The van der Waals surface area contributed by atoms with Gasteiger partial charge in [0.25, 0.3) is 0 Å². The number of aliphatic hydroxyl groups excluding tert-OH is 1. The molecule has 1 heterocycles. The molecule has 1 atom stereocenters. The Balaban J connectivity index is 0.000000371. The number of nitrogens with zero attached hydrogens (tertiary/aromatic N) is 1. The highest BCUT2D eigenvalue weighted by molar-refractivity contribution is 5.68. The molecule has 0 amide bonds. The van der Waals surface area contributed by atoms with Crippen molar-refractivity contribution in [2.75, 3.05) is 6.67 Å². The Kier molecular flexibility index (Phi) is 5.77. The van der Waals surface area contributed by atoms with Crippen LogP contribution >= 0.6 is 0 Å². The van der Waals surface area contributed by atoms with Crippen molar-refractivity contribution in [1.29, 1.82) is 0 Å². The molecular formula is C7H14N2O. The van der Waals surface area contributed by atoms with Gasteiger partial charge < -0.3 is 5.11 Å². The first-order valence-electron chi connectivity index (χ1n) is 3.47. The standard InChI is InChI=1S/C5H8N2O.C2H6/c8-2-1-5-3-6-4-7-5;1-2/h1-3,5,7-8H,4H2;1-2H3/b2-1-;. The van der Waals surface area contributed by atoms with Crippen LogP contribution in [0, 0.1) is 0 Å². The van der Waals surface area contributed by atoms with Crippen molar-refractivity contribution in [1.82, 2.24) is 5.32 Å². The van der Waals surface area contributed by atoms with Gasteiger partial charge in [-0.25, -0.2) is 0 Å². The van der Waals surface area contributed by atoms with Crippen molar-refractivity contribution >= 4 is 6.21 Å². The molecule has 2 N–H and O–H groups in total. The van der Waals surface area contributed by atoms with Crippen LogP contribution in [0.2, 0.25) is 0 Å². The molecule has 10 heavy (non-hydrogen) atoms. The lowest BCUT2D eigenvalue weighted by Gasteiger charge is -1.95. The van der Waals surface area contributed by atoms with E-state index in [0.29, 0.717) is 6.67 Å². The lowest BCUT2D eigenvalue weighted by Crippen LogP contribution is -2.21. The van der Waals surface area contributed by atoms with Gasteiger partial charge in [0.1, 0.15) is 0 Å². The minimum Gasteiger partial charge on any atom is -0.516 e. The second-order valence-electron chi connectivity index (χ2n) is 1.56.